The van der Waals surface area contributed by atoms with Gasteiger partial charge >= 0.3 is 0 Å². The Hall–Kier alpha value is -1.27. The predicted octanol–water partition coefficient (Wildman–Crippen LogP) is 1.71. The van der Waals surface area contributed by atoms with Gasteiger partial charge in [0.2, 0.25) is 0 Å². The van der Waals surface area contributed by atoms with Crippen LogP contribution in [-0.2, 0) is 4.79 Å². The van der Waals surface area contributed by atoms with E-state index in [-0.39, 0.29) is 5.75 Å². The van der Waals surface area contributed by atoms with Crippen LogP contribution in [0.1, 0.15) is 5.56 Å². The van der Waals surface area contributed by atoms with Crippen LogP contribution in [0.4, 0.5) is 0 Å². The molecule has 0 radical (unpaired) electrons. The van der Waals surface area contributed by atoms with Crippen LogP contribution in [0.5, 0.6) is 5.75 Å². The third-order valence-electron chi connectivity index (χ3n) is 1.22. The summed E-state index contributed by atoms with van der Waals surface area (Å²) in [5, 5.41) is 9.10. The van der Waals surface area contributed by atoms with Crippen molar-refractivity contribution < 1.29 is 9.90 Å². The largest absolute Gasteiger partial charge is 0.507 e. The van der Waals surface area contributed by atoms with E-state index >= 15 is 0 Å². The van der Waals surface area contributed by atoms with Gasteiger partial charge in [-0.05, 0) is 40.0 Å². The molecule has 0 aromatic heterocycles. The lowest BCUT2D eigenvalue weighted by molar-refractivity contribution is -0.103. The number of benzene rings is 1. The van der Waals surface area contributed by atoms with Crippen LogP contribution in [0.2, 0.25) is 0 Å². The van der Waals surface area contributed by atoms with E-state index in [1.807, 2.05) is 0 Å². The smallest absolute Gasteiger partial charge is 0.193 e. The first-order valence-corrected chi connectivity index (χ1v) is 3.97. The molecule has 0 saturated carbocycles. The number of phenolic OH excluding ortho intramolecular Hbond substituents is 1. The maximum Gasteiger partial charge on any atom is 0.193 e. The van der Waals surface area contributed by atoms with Crippen molar-refractivity contribution in [2.24, 2.45) is 0 Å². The van der Waals surface area contributed by atoms with Gasteiger partial charge in [-0.15, -0.1) is 0 Å². The molecule has 0 saturated heterocycles. The van der Waals surface area contributed by atoms with Crippen LogP contribution in [0.3, 0.4) is 0 Å². The molecule has 0 amide bonds. The highest BCUT2D eigenvalue weighted by Gasteiger charge is 1.95. The van der Waals surface area contributed by atoms with E-state index in [9.17, 15) is 4.79 Å². The number of rotatable bonds is 0. The van der Waals surface area contributed by atoms with Crippen LogP contribution < -0.4 is 0 Å². The molecule has 1 N–H and O–H groups in total. The van der Waals surface area contributed by atoms with Crippen molar-refractivity contribution in [1.82, 2.24) is 0 Å². The first kappa shape index (κ1) is 8.82. The van der Waals surface area contributed by atoms with Crippen LogP contribution in [0.15, 0.2) is 22.7 Å². The number of aldehydes is 1. The fourth-order valence-corrected chi connectivity index (χ4v) is 1.08. The lowest BCUT2D eigenvalue weighted by atomic mass is 10.2. The predicted molar refractivity (Wildman–Crippen MR) is 48.7 cm³/mol. The first-order valence-electron chi connectivity index (χ1n) is 3.18. The molecule has 0 heterocycles. The van der Waals surface area contributed by atoms with Crippen molar-refractivity contribution in [2.75, 3.05) is 0 Å². The highest BCUT2D eigenvalue weighted by molar-refractivity contribution is 9.10. The van der Waals surface area contributed by atoms with Gasteiger partial charge in [0, 0.05) is 5.56 Å². The Bertz CT molecular complexity index is 361. The minimum absolute atomic E-state index is 0.159. The van der Waals surface area contributed by atoms with E-state index in [4.69, 9.17) is 5.11 Å². The zero-order valence-electron chi connectivity index (χ0n) is 6.04. The Labute approximate surface area is 78.3 Å². The number of aromatic hydroxyl groups is 1. The molecule has 1 rings (SSSR count). The zero-order valence-corrected chi connectivity index (χ0v) is 7.63. The highest BCUT2D eigenvalue weighted by Crippen LogP contribution is 2.23. The van der Waals surface area contributed by atoms with Crippen LogP contribution in [0, 0.1) is 11.8 Å². The van der Waals surface area contributed by atoms with Crippen LogP contribution in [-0.4, -0.2) is 11.4 Å². The van der Waals surface area contributed by atoms with Gasteiger partial charge in [-0.1, -0.05) is 5.92 Å². The maximum absolute atomic E-state index is 9.90. The van der Waals surface area contributed by atoms with Gasteiger partial charge < -0.3 is 5.11 Å². The average Bonchev–Trinajstić information content (AvgIpc) is 2.07. The Morgan fingerprint density at radius 1 is 1.50 bits per heavy atom. The van der Waals surface area contributed by atoms with Crippen LogP contribution in [0.25, 0.3) is 0 Å². The van der Waals surface area contributed by atoms with Crippen molar-refractivity contribution in [3.8, 4) is 17.6 Å². The van der Waals surface area contributed by atoms with Gasteiger partial charge in [-0.25, -0.2) is 0 Å². The monoisotopic (exact) mass is 224 g/mol. The van der Waals surface area contributed by atoms with Gasteiger partial charge in [-0.2, -0.15) is 0 Å². The molecular formula is C9H5BrO2. The second-order valence-electron chi connectivity index (χ2n) is 2.05. The summed E-state index contributed by atoms with van der Waals surface area (Å²) in [6.07, 6.45) is 0.529. The van der Waals surface area contributed by atoms with E-state index in [0.717, 1.165) is 0 Å². The third-order valence-corrected chi connectivity index (χ3v) is 1.86. The fraction of sp³-hybridized carbons (Fsp3) is 0. The Kier molecular flexibility index (Phi) is 2.89. The molecule has 0 unspecified atom stereocenters. The number of carbonyl (C=O) groups is 1. The molecule has 0 aliphatic heterocycles. The summed E-state index contributed by atoms with van der Waals surface area (Å²) in [5.74, 6) is 5.04. The van der Waals surface area contributed by atoms with E-state index < -0.39 is 0 Å². The van der Waals surface area contributed by atoms with E-state index in [1.54, 1.807) is 12.1 Å². The Morgan fingerprint density at radius 3 is 2.83 bits per heavy atom. The normalized spacial score (nSPS) is 8.42. The molecule has 0 aliphatic rings. The molecule has 1 aromatic carbocycles. The molecule has 3 heteroatoms. The second kappa shape index (κ2) is 3.93. The molecular weight excluding hydrogens is 220 g/mol. The van der Waals surface area contributed by atoms with E-state index in [1.165, 1.54) is 6.07 Å². The number of hydrogen-bond donors (Lipinski definition) is 1. The summed E-state index contributed by atoms with van der Waals surface area (Å²) in [6.45, 7) is 0. The van der Waals surface area contributed by atoms with Gasteiger partial charge in [0.1, 0.15) is 5.75 Å². The topological polar surface area (TPSA) is 37.3 Å². The number of halogens is 1. The Balaban J connectivity index is 3.04. The van der Waals surface area contributed by atoms with Crippen molar-refractivity contribution in [3.63, 3.8) is 0 Å². The molecule has 0 spiro atoms. The fourth-order valence-electron chi connectivity index (χ4n) is 0.697. The summed E-state index contributed by atoms with van der Waals surface area (Å²) in [5.41, 5.74) is 0.687. The minimum Gasteiger partial charge on any atom is -0.507 e. The molecule has 0 aliphatic carbocycles. The molecule has 12 heavy (non-hydrogen) atoms. The summed E-state index contributed by atoms with van der Waals surface area (Å²) < 4.78 is 0.570. The molecule has 2 nitrogen and oxygen atoms in total. The Morgan fingerprint density at radius 2 is 2.25 bits per heavy atom. The van der Waals surface area contributed by atoms with Crippen molar-refractivity contribution >= 4 is 22.2 Å². The molecule has 60 valence electrons. The van der Waals surface area contributed by atoms with Crippen molar-refractivity contribution in [2.45, 2.75) is 0 Å². The molecule has 0 bridgehead atoms. The maximum atomic E-state index is 9.90. The SMILES string of the molecule is O=CC#Cc1ccc(O)c(Br)c1. The lowest BCUT2D eigenvalue weighted by Crippen LogP contribution is -1.75. The van der Waals surface area contributed by atoms with Gasteiger partial charge in [0.15, 0.2) is 6.29 Å². The number of hydrogen-bond acceptors (Lipinski definition) is 2. The van der Waals surface area contributed by atoms with Gasteiger partial charge in [-0.3, -0.25) is 4.79 Å². The quantitative estimate of drug-likeness (QED) is 0.539. The van der Waals surface area contributed by atoms with E-state index in [0.29, 0.717) is 16.3 Å². The summed E-state index contributed by atoms with van der Waals surface area (Å²) in [4.78, 5) is 9.90. The zero-order chi connectivity index (χ0) is 8.97. The van der Waals surface area contributed by atoms with Crippen LogP contribution >= 0.6 is 15.9 Å². The average molecular weight is 225 g/mol. The van der Waals surface area contributed by atoms with Gasteiger partial charge in [0.25, 0.3) is 0 Å². The molecule has 0 atom stereocenters. The molecule has 0 fully saturated rings. The number of phenols is 1. The van der Waals surface area contributed by atoms with Crippen molar-refractivity contribution in [1.29, 1.82) is 0 Å². The van der Waals surface area contributed by atoms with E-state index in [2.05, 4.69) is 27.8 Å². The number of carbonyl (C=O) groups excluding carboxylic acids is 1. The minimum atomic E-state index is 0.159. The molecule has 1 aromatic rings. The highest BCUT2D eigenvalue weighted by atomic mass is 79.9. The standard InChI is InChI=1S/C9H5BrO2/c10-8-6-7(2-1-5-11)3-4-9(8)12/h3-6,12H. The lowest BCUT2D eigenvalue weighted by Gasteiger charge is -1.95. The summed E-state index contributed by atoms with van der Waals surface area (Å²) in [7, 11) is 0. The summed E-state index contributed by atoms with van der Waals surface area (Å²) in [6, 6.07) is 4.79. The van der Waals surface area contributed by atoms with Crippen molar-refractivity contribution in [3.05, 3.63) is 28.2 Å². The summed E-state index contributed by atoms with van der Waals surface area (Å²) >= 11 is 3.13. The van der Waals surface area contributed by atoms with Gasteiger partial charge in [0.05, 0.1) is 4.47 Å². The second-order valence-corrected chi connectivity index (χ2v) is 2.91. The first-order chi connectivity index (χ1) is 5.74. The third kappa shape index (κ3) is 2.11.